The Morgan fingerprint density at radius 3 is 2.71 bits per heavy atom. The largest absolute Gasteiger partial charge is 0.326 e. The smallest absolute Gasteiger partial charge is 0.0641 e. The van der Waals surface area contributed by atoms with Crippen LogP contribution in [0.5, 0.6) is 0 Å². The van der Waals surface area contributed by atoms with Crippen molar-refractivity contribution in [3.8, 4) is 0 Å². The summed E-state index contributed by atoms with van der Waals surface area (Å²) in [4.78, 5) is 0. The molecule has 0 spiro atoms. The lowest BCUT2D eigenvalue weighted by Gasteiger charge is -2.03. The first-order valence-electron chi connectivity index (χ1n) is 5.04. The van der Waals surface area contributed by atoms with Gasteiger partial charge in [0.1, 0.15) is 0 Å². The number of rotatable bonds is 5. The third-order valence-corrected chi connectivity index (χ3v) is 2.51. The number of unbranched alkanes of at least 4 members (excludes halogenated alkanes) is 1. The Bertz CT molecular complexity index is 313. The number of nitrogens with two attached hydrogens (primary N) is 1. The topological polar surface area (TPSA) is 43.8 Å². The fourth-order valence-corrected chi connectivity index (χ4v) is 1.63. The van der Waals surface area contributed by atoms with Crippen LogP contribution >= 0.6 is 0 Å². The summed E-state index contributed by atoms with van der Waals surface area (Å²) in [5.74, 6) is 0. The monoisotopic (exact) mass is 193 g/mol. The van der Waals surface area contributed by atoms with Gasteiger partial charge in [0.15, 0.2) is 0 Å². The molecule has 0 aliphatic rings. The lowest BCUT2D eigenvalue weighted by atomic mass is 10.2. The van der Waals surface area contributed by atoms with Crippen molar-refractivity contribution in [2.45, 2.75) is 39.8 Å². The highest BCUT2D eigenvalue weighted by Gasteiger charge is 2.08. The second-order valence-electron chi connectivity index (χ2n) is 3.51. The molecule has 0 radical (unpaired) electrons. The number of hydrogen-bond acceptors (Lipinski definition) is 2. The fraction of sp³-hybridized carbons (Fsp3) is 0.545. The van der Waals surface area contributed by atoms with E-state index < -0.39 is 0 Å². The lowest BCUT2D eigenvalue weighted by Crippen LogP contribution is -2.04. The molecule has 0 saturated carbocycles. The second kappa shape index (κ2) is 4.96. The normalized spacial score (nSPS) is 10.5. The van der Waals surface area contributed by atoms with Crippen molar-refractivity contribution in [1.82, 2.24) is 9.78 Å². The first kappa shape index (κ1) is 11.0. The van der Waals surface area contributed by atoms with E-state index in [1.54, 1.807) is 0 Å². The van der Waals surface area contributed by atoms with Crippen LogP contribution in [0.2, 0.25) is 0 Å². The summed E-state index contributed by atoms with van der Waals surface area (Å²) in [6.07, 6.45) is 4.07. The molecule has 1 heterocycles. The molecule has 0 bridgehead atoms. The minimum absolute atomic E-state index is 0.582. The zero-order chi connectivity index (χ0) is 10.6. The Hall–Kier alpha value is -1.09. The molecule has 0 saturated heterocycles. The standard InChI is InChI=1S/C11H19N3/c1-4-5-6-7-14-10(3)11(8-12)9(2)13-14/h4H,1,5-8,12H2,2-3H3. The third kappa shape index (κ3) is 2.23. The van der Waals surface area contributed by atoms with Gasteiger partial charge in [-0.1, -0.05) is 6.08 Å². The average molecular weight is 193 g/mol. The molecular formula is C11H19N3. The first-order valence-corrected chi connectivity index (χ1v) is 5.04. The Labute approximate surface area is 85.6 Å². The van der Waals surface area contributed by atoms with Gasteiger partial charge in [-0.05, 0) is 26.7 Å². The molecule has 0 aliphatic heterocycles. The van der Waals surface area contributed by atoms with Crippen molar-refractivity contribution in [3.63, 3.8) is 0 Å². The van der Waals surface area contributed by atoms with Gasteiger partial charge in [-0.25, -0.2) is 0 Å². The zero-order valence-corrected chi connectivity index (χ0v) is 9.08. The van der Waals surface area contributed by atoms with Gasteiger partial charge in [-0.3, -0.25) is 4.68 Å². The van der Waals surface area contributed by atoms with Crippen molar-refractivity contribution in [3.05, 3.63) is 29.6 Å². The molecule has 1 rings (SSSR count). The lowest BCUT2D eigenvalue weighted by molar-refractivity contribution is 0.566. The van der Waals surface area contributed by atoms with Crippen LogP contribution < -0.4 is 5.73 Å². The van der Waals surface area contributed by atoms with Crippen LogP contribution in [-0.4, -0.2) is 9.78 Å². The molecule has 0 aliphatic carbocycles. The molecule has 3 nitrogen and oxygen atoms in total. The molecule has 2 N–H and O–H groups in total. The minimum Gasteiger partial charge on any atom is -0.326 e. The Kier molecular flexibility index (Phi) is 3.89. The van der Waals surface area contributed by atoms with E-state index in [1.165, 1.54) is 11.3 Å². The van der Waals surface area contributed by atoms with Crippen LogP contribution in [0, 0.1) is 13.8 Å². The molecule has 0 aromatic carbocycles. The van der Waals surface area contributed by atoms with Gasteiger partial charge in [-0.15, -0.1) is 6.58 Å². The van der Waals surface area contributed by atoms with Gasteiger partial charge >= 0.3 is 0 Å². The van der Waals surface area contributed by atoms with E-state index in [4.69, 9.17) is 5.73 Å². The molecule has 3 heteroatoms. The van der Waals surface area contributed by atoms with Crippen molar-refractivity contribution >= 4 is 0 Å². The Balaban J connectivity index is 2.72. The Morgan fingerprint density at radius 1 is 1.50 bits per heavy atom. The van der Waals surface area contributed by atoms with E-state index >= 15 is 0 Å². The summed E-state index contributed by atoms with van der Waals surface area (Å²) in [5, 5.41) is 4.46. The second-order valence-corrected chi connectivity index (χ2v) is 3.51. The quantitative estimate of drug-likeness (QED) is 0.573. The first-order chi connectivity index (χ1) is 6.70. The zero-order valence-electron chi connectivity index (χ0n) is 9.08. The average Bonchev–Trinajstić information content (AvgIpc) is 2.42. The predicted octanol–water partition coefficient (Wildman–Crippen LogP) is 1.92. The van der Waals surface area contributed by atoms with Gasteiger partial charge in [0.05, 0.1) is 5.69 Å². The molecule has 0 amide bonds. The molecule has 0 atom stereocenters. The molecule has 0 fully saturated rings. The Morgan fingerprint density at radius 2 is 2.21 bits per heavy atom. The van der Waals surface area contributed by atoms with Gasteiger partial charge in [-0.2, -0.15) is 5.10 Å². The number of allylic oxidation sites excluding steroid dienone is 1. The maximum atomic E-state index is 5.65. The highest BCUT2D eigenvalue weighted by Crippen LogP contribution is 2.12. The van der Waals surface area contributed by atoms with Crippen molar-refractivity contribution in [2.75, 3.05) is 0 Å². The summed E-state index contributed by atoms with van der Waals surface area (Å²) >= 11 is 0. The van der Waals surface area contributed by atoms with E-state index in [9.17, 15) is 0 Å². The number of aryl methyl sites for hydroxylation is 2. The highest BCUT2D eigenvalue weighted by atomic mass is 15.3. The molecule has 1 aromatic heterocycles. The fourth-order valence-electron chi connectivity index (χ4n) is 1.63. The molecular weight excluding hydrogens is 174 g/mol. The van der Waals surface area contributed by atoms with Crippen molar-refractivity contribution in [1.29, 1.82) is 0 Å². The number of hydrogen-bond donors (Lipinski definition) is 1. The van der Waals surface area contributed by atoms with Crippen LogP contribution in [0.1, 0.15) is 29.8 Å². The van der Waals surface area contributed by atoms with Crippen LogP contribution in [0.25, 0.3) is 0 Å². The molecule has 14 heavy (non-hydrogen) atoms. The summed E-state index contributed by atoms with van der Waals surface area (Å²) in [6.45, 7) is 9.34. The van der Waals surface area contributed by atoms with Crippen LogP contribution in [0.15, 0.2) is 12.7 Å². The molecule has 1 aromatic rings. The van der Waals surface area contributed by atoms with Crippen LogP contribution in [-0.2, 0) is 13.1 Å². The van der Waals surface area contributed by atoms with Crippen LogP contribution in [0.4, 0.5) is 0 Å². The third-order valence-electron chi connectivity index (χ3n) is 2.51. The maximum absolute atomic E-state index is 5.65. The van der Waals surface area contributed by atoms with Gasteiger partial charge in [0.2, 0.25) is 0 Å². The molecule has 0 unspecified atom stereocenters. The van der Waals surface area contributed by atoms with Crippen molar-refractivity contribution < 1.29 is 0 Å². The summed E-state index contributed by atoms with van der Waals surface area (Å²) in [7, 11) is 0. The van der Waals surface area contributed by atoms with Crippen molar-refractivity contribution in [2.24, 2.45) is 5.73 Å². The van der Waals surface area contributed by atoms with Crippen LogP contribution in [0.3, 0.4) is 0 Å². The SMILES string of the molecule is C=CCCCn1nc(C)c(CN)c1C. The minimum atomic E-state index is 0.582. The van der Waals surface area contributed by atoms with E-state index in [-0.39, 0.29) is 0 Å². The summed E-state index contributed by atoms with van der Waals surface area (Å²) in [6, 6.07) is 0. The van der Waals surface area contributed by atoms with Gasteiger partial charge in [0.25, 0.3) is 0 Å². The van der Waals surface area contributed by atoms with E-state index in [1.807, 2.05) is 17.7 Å². The van der Waals surface area contributed by atoms with E-state index in [0.717, 1.165) is 25.1 Å². The molecule has 78 valence electrons. The van der Waals surface area contributed by atoms with Gasteiger partial charge < -0.3 is 5.73 Å². The maximum Gasteiger partial charge on any atom is 0.0641 e. The number of nitrogens with zero attached hydrogens (tertiary/aromatic N) is 2. The summed E-state index contributed by atoms with van der Waals surface area (Å²) in [5.41, 5.74) is 9.10. The highest BCUT2D eigenvalue weighted by molar-refractivity contribution is 5.23. The summed E-state index contributed by atoms with van der Waals surface area (Å²) < 4.78 is 2.04. The number of aromatic nitrogens is 2. The van der Waals surface area contributed by atoms with E-state index in [2.05, 4.69) is 18.6 Å². The van der Waals surface area contributed by atoms with Gasteiger partial charge in [0, 0.05) is 24.3 Å². The predicted molar refractivity (Wildman–Crippen MR) is 59.0 cm³/mol. The van der Waals surface area contributed by atoms with E-state index in [0.29, 0.717) is 6.54 Å².